The summed E-state index contributed by atoms with van der Waals surface area (Å²) in [7, 11) is 0. The van der Waals surface area contributed by atoms with E-state index in [9.17, 15) is 0 Å². The molecule has 250 valence electrons. The average Bonchev–Trinajstić information content (AvgIpc) is 3.44. The lowest BCUT2D eigenvalue weighted by Crippen LogP contribution is -2.31. The van der Waals surface area contributed by atoms with Crippen molar-refractivity contribution in [3.63, 3.8) is 0 Å². The highest BCUT2D eigenvalue weighted by Crippen LogP contribution is 2.35. The van der Waals surface area contributed by atoms with Crippen LogP contribution in [-0.2, 0) is 9.47 Å². The topological polar surface area (TPSA) is 18.5 Å². The van der Waals surface area contributed by atoms with Crippen molar-refractivity contribution in [1.29, 1.82) is 0 Å². The first-order valence-electron chi connectivity index (χ1n) is 19.2. The summed E-state index contributed by atoms with van der Waals surface area (Å²) in [4.78, 5) is 0. The molecule has 1 rings (SSSR count). The zero-order valence-electron chi connectivity index (χ0n) is 29.3. The van der Waals surface area contributed by atoms with Crippen LogP contribution >= 0.6 is 0 Å². The van der Waals surface area contributed by atoms with Crippen LogP contribution in [0.2, 0.25) is 0 Å². The highest BCUT2D eigenvalue weighted by molar-refractivity contribution is 4.86. The van der Waals surface area contributed by atoms with Crippen LogP contribution in [0, 0.1) is 0 Å². The SMILES string of the molecule is CCCCC/C=C\CCCC/C=C\CCCCCC1(CCCCC/C=C\CCCC/C=C\CCCCC)OC[C@H](CC)O1. The Kier molecular flexibility index (Phi) is 28.7. The molecule has 0 radical (unpaired) electrons. The molecule has 2 nitrogen and oxygen atoms in total. The molecule has 0 saturated carbocycles. The molecule has 1 aliphatic rings. The molecule has 0 N–H and O–H groups in total. The monoisotopic (exact) mass is 599 g/mol. The second kappa shape index (κ2) is 30.9. The van der Waals surface area contributed by atoms with Gasteiger partial charge in [-0.2, -0.15) is 0 Å². The second-order valence-electron chi connectivity index (χ2n) is 13.0. The van der Waals surface area contributed by atoms with Crippen LogP contribution in [0.1, 0.15) is 194 Å². The van der Waals surface area contributed by atoms with E-state index < -0.39 is 0 Å². The zero-order chi connectivity index (χ0) is 30.9. The van der Waals surface area contributed by atoms with Gasteiger partial charge in [0.2, 0.25) is 0 Å². The quantitative estimate of drug-likeness (QED) is 0.0583. The highest BCUT2D eigenvalue weighted by Gasteiger charge is 2.39. The lowest BCUT2D eigenvalue weighted by molar-refractivity contribution is -0.179. The Morgan fingerprint density at radius 3 is 1.07 bits per heavy atom. The van der Waals surface area contributed by atoms with E-state index >= 15 is 0 Å². The Morgan fingerprint density at radius 1 is 0.442 bits per heavy atom. The van der Waals surface area contributed by atoms with Gasteiger partial charge in [-0.3, -0.25) is 0 Å². The number of hydrogen-bond donors (Lipinski definition) is 0. The summed E-state index contributed by atoms with van der Waals surface area (Å²) in [5.74, 6) is -0.304. The van der Waals surface area contributed by atoms with E-state index in [2.05, 4.69) is 69.4 Å². The summed E-state index contributed by atoms with van der Waals surface area (Å²) in [5.41, 5.74) is 0. The molecule has 0 aromatic heterocycles. The van der Waals surface area contributed by atoms with Crippen molar-refractivity contribution in [1.82, 2.24) is 0 Å². The molecule has 1 heterocycles. The Hall–Kier alpha value is -1.12. The molecule has 0 bridgehead atoms. The Morgan fingerprint density at radius 2 is 0.767 bits per heavy atom. The predicted molar refractivity (Wildman–Crippen MR) is 192 cm³/mol. The number of allylic oxidation sites excluding steroid dienone is 8. The Balaban J connectivity index is 2.06. The van der Waals surface area contributed by atoms with Gasteiger partial charge >= 0.3 is 0 Å². The van der Waals surface area contributed by atoms with Crippen molar-refractivity contribution in [3.05, 3.63) is 48.6 Å². The van der Waals surface area contributed by atoms with E-state index in [1.165, 1.54) is 154 Å². The highest BCUT2D eigenvalue weighted by atomic mass is 16.7. The molecule has 1 saturated heterocycles. The second-order valence-corrected chi connectivity index (χ2v) is 13.0. The van der Waals surface area contributed by atoms with Gasteiger partial charge < -0.3 is 9.47 Å². The van der Waals surface area contributed by atoms with Crippen LogP contribution in [0.3, 0.4) is 0 Å². The van der Waals surface area contributed by atoms with Gasteiger partial charge in [0.25, 0.3) is 0 Å². The first-order chi connectivity index (χ1) is 21.3. The van der Waals surface area contributed by atoms with Gasteiger partial charge in [0, 0.05) is 12.8 Å². The third kappa shape index (κ3) is 24.8. The van der Waals surface area contributed by atoms with E-state index in [-0.39, 0.29) is 5.79 Å². The van der Waals surface area contributed by atoms with Crippen molar-refractivity contribution in [2.75, 3.05) is 6.61 Å². The zero-order valence-corrected chi connectivity index (χ0v) is 29.3. The van der Waals surface area contributed by atoms with Crippen LogP contribution in [0.4, 0.5) is 0 Å². The largest absolute Gasteiger partial charge is 0.347 e. The minimum atomic E-state index is -0.304. The number of rotatable bonds is 31. The van der Waals surface area contributed by atoms with Crippen molar-refractivity contribution >= 4 is 0 Å². The third-order valence-electron chi connectivity index (χ3n) is 8.82. The third-order valence-corrected chi connectivity index (χ3v) is 8.82. The standard InChI is InChI=1S/C41H74O2/c1-4-7-9-11-13-15-17-19-21-23-25-27-29-31-33-35-37-41(42-39-40(6-3)43-41)38-36-34-32-30-28-26-24-22-20-18-16-14-12-10-8-5-2/h13-16,25-28,40H,4-12,17-24,29-39H2,1-3H3/b15-13-,16-14-,27-25-,28-26-/t40-/m0/s1. The average molecular weight is 599 g/mol. The molecule has 43 heavy (non-hydrogen) atoms. The van der Waals surface area contributed by atoms with Gasteiger partial charge in [0.05, 0.1) is 12.7 Å². The molecule has 0 aromatic carbocycles. The summed E-state index contributed by atoms with van der Waals surface area (Å²) in [6.45, 7) is 7.55. The molecular weight excluding hydrogens is 524 g/mol. The van der Waals surface area contributed by atoms with Crippen molar-refractivity contribution in [3.8, 4) is 0 Å². The van der Waals surface area contributed by atoms with E-state index in [4.69, 9.17) is 9.47 Å². The first kappa shape index (κ1) is 39.9. The maximum Gasteiger partial charge on any atom is 0.168 e. The maximum atomic E-state index is 6.49. The molecule has 1 atom stereocenters. The van der Waals surface area contributed by atoms with Crippen LogP contribution in [0.15, 0.2) is 48.6 Å². The Labute approximate surface area is 270 Å². The first-order valence-corrected chi connectivity index (χ1v) is 19.2. The smallest absolute Gasteiger partial charge is 0.168 e. The summed E-state index contributed by atoms with van der Waals surface area (Å²) < 4.78 is 12.8. The lowest BCUT2D eigenvalue weighted by atomic mass is 9.99. The minimum Gasteiger partial charge on any atom is -0.347 e. The summed E-state index contributed by atoms with van der Waals surface area (Å²) in [5, 5.41) is 0. The molecular formula is C41H74O2. The molecule has 0 aliphatic carbocycles. The van der Waals surface area contributed by atoms with Crippen molar-refractivity contribution < 1.29 is 9.47 Å². The fourth-order valence-electron chi connectivity index (χ4n) is 5.89. The summed E-state index contributed by atoms with van der Waals surface area (Å²) in [6.07, 6.45) is 53.5. The number of ether oxygens (including phenoxy) is 2. The van der Waals surface area contributed by atoms with Gasteiger partial charge in [0.15, 0.2) is 5.79 Å². The lowest BCUT2D eigenvalue weighted by Gasteiger charge is -2.28. The van der Waals surface area contributed by atoms with Crippen LogP contribution < -0.4 is 0 Å². The van der Waals surface area contributed by atoms with E-state index in [1.54, 1.807) is 0 Å². The van der Waals surface area contributed by atoms with E-state index in [0.717, 1.165) is 25.9 Å². The van der Waals surface area contributed by atoms with Crippen LogP contribution in [0.25, 0.3) is 0 Å². The number of unbranched alkanes of at least 4 members (excludes halogenated alkanes) is 18. The van der Waals surface area contributed by atoms with Crippen LogP contribution in [-0.4, -0.2) is 18.5 Å². The van der Waals surface area contributed by atoms with Gasteiger partial charge in [-0.25, -0.2) is 0 Å². The van der Waals surface area contributed by atoms with Crippen LogP contribution in [0.5, 0.6) is 0 Å². The molecule has 0 amide bonds. The molecule has 0 aromatic rings. The molecule has 1 aliphatic heterocycles. The van der Waals surface area contributed by atoms with Gasteiger partial charge in [-0.1, -0.05) is 108 Å². The van der Waals surface area contributed by atoms with Gasteiger partial charge in [-0.05, 0) is 122 Å². The molecule has 0 spiro atoms. The van der Waals surface area contributed by atoms with E-state index in [0.29, 0.717) is 6.10 Å². The predicted octanol–water partition coefficient (Wildman–Crippen LogP) is 13.9. The summed E-state index contributed by atoms with van der Waals surface area (Å²) >= 11 is 0. The summed E-state index contributed by atoms with van der Waals surface area (Å²) in [6, 6.07) is 0. The fourth-order valence-corrected chi connectivity index (χ4v) is 5.89. The van der Waals surface area contributed by atoms with Crippen molar-refractivity contribution in [2.24, 2.45) is 0 Å². The minimum absolute atomic E-state index is 0.291. The van der Waals surface area contributed by atoms with Gasteiger partial charge in [0.1, 0.15) is 0 Å². The van der Waals surface area contributed by atoms with Gasteiger partial charge in [-0.15, -0.1) is 0 Å². The molecule has 2 heteroatoms. The molecule has 1 fully saturated rings. The maximum absolute atomic E-state index is 6.49. The number of hydrogen-bond acceptors (Lipinski definition) is 2. The fraction of sp³-hybridized carbons (Fsp3) is 0.805. The molecule has 0 unspecified atom stereocenters. The Bertz CT molecular complexity index is 640. The normalized spacial score (nSPS) is 17.1. The van der Waals surface area contributed by atoms with E-state index in [1.807, 2.05) is 0 Å². The van der Waals surface area contributed by atoms with Crippen molar-refractivity contribution in [2.45, 2.75) is 206 Å².